The van der Waals surface area contributed by atoms with Crippen molar-refractivity contribution in [3.05, 3.63) is 45.5 Å². The van der Waals surface area contributed by atoms with E-state index >= 15 is 0 Å². The fourth-order valence-electron chi connectivity index (χ4n) is 3.32. The molecule has 0 radical (unpaired) electrons. The summed E-state index contributed by atoms with van der Waals surface area (Å²) >= 11 is 0. The number of benzene rings is 1. The normalized spacial score (nSPS) is 17.5. The molecule has 0 N–H and O–H groups in total. The summed E-state index contributed by atoms with van der Waals surface area (Å²) < 4.78 is 48.2. The molecule has 0 saturated carbocycles. The van der Waals surface area contributed by atoms with E-state index in [-0.39, 0.29) is 12.2 Å². The number of pyridine rings is 1. The van der Waals surface area contributed by atoms with Crippen LogP contribution in [0.25, 0.3) is 10.9 Å². The maximum absolute atomic E-state index is 14.6. The monoisotopic (exact) mass is 368 g/mol. The van der Waals surface area contributed by atoms with E-state index < -0.39 is 50.8 Å². The van der Waals surface area contributed by atoms with Gasteiger partial charge in [-0.15, -0.1) is 0 Å². The molecule has 1 aliphatic rings. The van der Waals surface area contributed by atoms with Crippen LogP contribution < -0.4 is 10.4 Å². The second-order valence-corrected chi connectivity index (χ2v) is 7.25. The van der Waals surface area contributed by atoms with Gasteiger partial charge in [0, 0.05) is 6.20 Å². The summed E-state index contributed by atoms with van der Waals surface area (Å²) in [4.78, 5) is 24.7. The van der Waals surface area contributed by atoms with Gasteiger partial charge in [-0.3, -0.25) is 14.5 Å². The lowest BCUT2D eigenvalue weighted by atomic mass is 10.0. The van der Waals surface area contributed by atoms with Crippen LogP contribution in [0.3, 0.4) is 0 Å². The molecule has 1 saturated heterocycles. The Hall–Kier alpha value is -2.51. The Morgan fingerprint density at radius 2 is 1.69 bits per heavy atom. The van der Waals surface area contributed by atoms with E-state index in [0.717, 1.165) is 6.20 Å². The van der Waals surface area contributed by atoms with Gasteiger partial charge in [0.25, 0.3) is 0 Å². The molecule has 2 aromatic rings. The summed E-state index contributed by atoms with van der Waals surface area (Å²) in [5.41, 5.74) is -2.65. The Kier molecular flexibility index (Phi) is 3.86. The molecule has 0 amide bonds. The van der Waals surface area contributed by atoms with Gasteiger partial charge in [0.1, 0.15) is 11.1 Å². The highest BCUT2D eigenvalue weighted by Crippen LogP contribution is 2.49. The number of ether oxygens (including phenoxy) is 1. The van der Waals surface area contributed by atoms with E-state index in [9.17, 15) is 22.8 Å². The number of aromatic nitrogens is 1. The average molecular weight is 368 g/mol. The number of hydrogen-bond donors (Lipinski definition) is 0. The summed E-state index contributed by atoms with van der Waals surface area (Å²) in [6.45, 7) is 9.10. The largest absolute Gasteiger partial charge is 0.462 e. The number of rotatable bonds is 3. The van der Waals surface area contributed by atoms with Crippen molar-refractivity contribution in [3.63, 3.8) is 0 Å². The predicted octanol–water partition coefficient (Wildman–Crippen LogP) is 3.10. The second-order valence-electron chi connectivity index (χ2n) is 7.25. The average Bonchev–Trinajstić information content (AvgIpc) is 2.95. The second kappa shape index (κ2) is 5.49. The molecule has 3 rings (SSSR count). The molecule has 2 heterocycles. The van der Waals surface area contributed by atoms with Crippen LogP contribution in [-0.4, -0.2) is 28.3 Å². The fourth-order valence-corrected chi connectivity index (χ4v) is 3.32. The first-order chi connectivity index (χ1) is 12.0. The molecule has 1 fully saturated rings. The van der Waals surface area contributed by atoms with Crippen LogP contribution in [0.1, 0.15) is 45.0 Å². The lowest BCUT2D eigenvalue weighted by Crippen LogP contribution is -2.29. The number of hydrogen-bond acceptors (Lipinski definition) is 4. The highest BCUT2D eigenvalue weighted by atomic mass is 19.2. The van der Waals surface area contributed by atoms with Crippen LogP contribution in [0.5, 0.6) is 0 Å². The van der Waals surface area contributed by atoms with E-state index in [2.05, 4.69) is 0 Å². The minimum absolute atomic E-state index is 0.0309. The zero-order chi connectivity index (χ0) is 19.6. The lowest BCUT2D eigenvalue weighted by molar-refractivity contribution is 0.0524. The van der Waals surface area contributed by atoms with E-state index in [1.54, 1.807) is 11.9 Å². The van der Waals surface area contributed by atoms with Gasteiger partial charge < -0.3 is 4.74 Å². The van der Waals surface area contributed by atoms with Crippen molar-refractivity contribution < 1.29 is 22.7 Å². The molecule has 8 heteroatoms. The van der Waals surface area contributed by atoms with Crippen molar-refractivity contribution in [2.24, 2.45) is 0 Å². The van der Waals surface area contributed by atoms with Crippen molar-refractivity contribution in [1.29, 1.82) is 0 Å². The van der Waals surface area contributed by atoms with Crippen LogP contribution in [0.4, 0.5) is 13.2 Å². The van der Waals surface area contributed by atoms with Crippen LogP contribution in [-0.2, 0) is 4.74 Å². The molecule has 140 valence electrons. The van der Waals surface area contributed by atoms with Crippen LogP contribution >= 0.6 is 0 Å². The summed E-state index contributed by atoms with van der Waals surface area (Å²) in [6.07, 6.45) is 1.12. The Morgan fingerprint density at radius 3 is 2.19 bits per heavy atom. The van der Waals surface area contributed by atoms with E-state index in [1.165, 1.54) is 4.68 Å². The van der Waals surface area contributed by atoms with Crippen molar-refractivity contribution in [3.8, 4) is 0 Å². The van der Waals surface area contributed by atoms with Gasteiger partial charge in [-0.2, -0.15) is 0 Å². The summed E-state index contributed by atoms with van der Waals surface area (Å²) in [7, 11) is 0. The van der Waals surface area contributed by atoms with Crippen molar-refractivity contribution in [2.45, 2.75) is 45.7 Å². The number of fused-ring (bicyclic) bond motifs is 1. The minimum atomic E-state index is -1.67. The zero-order valence-electron chi connectivity index (χ0n) is 15.1. The molecule has 0 bridgehead atoms. The molecule has 5 nitrogen and oxygen atoms in total. The molecule has 0 unspecified atom stereocenters. The smallest absolute Gasteiger partial charge is 0.343 e. The third-order valence-electron chi connectivity index (χ3n) is 5.32. The molecule has 1 aliphatic heterocycles. The number of esters is 1. The molecular weight excluding hydrogens is 349 g/mol. The summed E-state index contributed by atoms with van der Waals surface area (Å²) in [5.74, 6) is -5.56. The van der Waals surface area contributed by atoms with Gasteiger partial charge in [-0.1, -0.05) is 0 Å². The Labute approximate surface area is 147 Å². The molecular formula is C18H19F3N2O3. The highest BCUT2D eigenvalue weighted by Gasteiger charge is 2.64. The molecule has 0 atom stereocenters. The topological polar surface area (TPSA) is 51.3 Å². The molecule has 0 aliphatic carbocycles. The van der Waals surface area contributed by atoms with E-state index in [4.69, 9.17) is 4.74 Å². The van der Waals surface area contributed by atoms with Crippen molar-refractivity contribution in [2.75, 3.05) is 11.6 Å². The third kappa shape index (κ3) is 2.24. The molecule has 0 spiro atoms. The SMILES string of the molecule is CCOC(=O)c1cn(N2C(C)(C)C2(C)C)c2c(F)c(F)c(F)cc2c1=O. The quantitative estimate of drug-likeness (QED) is 0.475. The van der Waals surface area contributed by atoms with Gasteiger partial charge in [0.15, 0.2) is 17.5 Å². The Balaban J connectivity index is 2.43. The Morgan fingerprint density at radius 1 is 1.12 bits per heavy atom. The maximum Gasteiger partial charge on any atom is 0.343 e. The summed E-state index contributed by atoms with van der Waals surface area (Å²) in [5, 5.41) is 1.26. The Bertz CT molecular complexity index is 982. The highest BCUT2D eigenvalue weighted by molar-refractivity contribution is 5.94. The predicted molar refractivity (Wildman–Crippen MR) is 90.4 cm³/mol. The first kappa shape index (κ1) is 18.3. The van der Waals surface area contributed by atoms with E-state index in [1.807, 2.05) is 27.7 Å². The van der Waals surface area contributed by atoms with E-state index in [0.29, 0.717) is 6.07 Å². The number of nitrogens with zero attached hydrogens (tertiary/aromatic N) is 2. The van der Waals surface area contributed by atoms with Gasteiger partial charge >= 0.3 is 5.97 Å². The molecule has 1 aromatic carbocycles. The number of carbonyl (C=O) groups is 1. The lowest BCUT2D eigenvalue weighted by Gasteiger charge is -2.19. The van der Waals surface area contributed by atoms with Gasteiger partial charge in [0.2, 0.25) is 5.43 Å². The van der Waals surface area contributed by atoms with Gasteiger partial charge in [0.05, 0.1) is 23.1 Å². The van der Waals surface area contributed by atoms with Gasteiger partial charge in [-0.05, 0) is 40.7 Å². The van der Waals surface area contributed by atoms with Crippen molar-refractivity contribution in [1.82, 2.24) is 4.68 Å². The number of carbonyl (C=O) groups excluding carboxylic acids is 1. The fraction of sp³-hybridized carbons (Fsp3) is 0.444. The third-order valence-corrected chi connectivity index (χ3v) is 5.32. The first-order valence-corrected chi connectivity index (χ1v) is 8.17. The first-order valence-electron chi connectivity index (χ1n) is 8.17. The molecule has 26 heavy (non-hydrogen) atoms. The molecule has 1 aromatic heterocycles. The standard InChI is InChI=1S/C18H19F3N2O3/c1-6-26-16(25)10-8-22(23-17(2,3)18(23,4)5)14-9(15(10)24)7-11(19)12(20)13(14)21/h7-8H,6H2,1-5H3. The number of halogens is 3. The van der Waals surface area contributed by atoms with Crippen molar-refractivity contribution >= 4 is 16.9 Å². The van der Waals surface area contributed by atoms with Crippen LogP contribution in [0, 0.1) is 17.5 Å². The van der Waals surface area contributed by atoms with Gasteiger partial charge in [-0.25, -0.2) is 18.0 Å². The summed E-state index contributed by atoms with van der Waals surface area (Å²) in [6, 6.07) is 0.610. The maximum atomic E-state index is 14.6. The van der Waals surface area contributed by atoms with Crippen LogP contribution in [0.15, 0.2) is 17.1 Å². The van der Waals surface area contributed by atoms with Crippen LogP contribution in [0.2, 0.25) is 0 Å². The zero-order valence-corrected chi connectivity index (χ0v) is 15.1. The minimum Gasteiger partial charge on any atom is -0.462 e.